The molecule has 2 aromatic rings. The summed E-state index contributed by atoms with van der Waals surface area (Å²) in [5, 5.41) is 1.99. The Kier molecular flexibility index (Phi) is 4.53. The summed E-state index contributed by atoms with van der Waals surface area (Å²) in [4.78, 5) is 15.9. The number of nitrogens with zero attached hydrogens (tertiary/aromatic N) is 1. The van der Waals surface area contributed by atoms with E-state index in [0.717, 1.165) is 6.07 Å². The molecule has 0 fully saturated rings. The number of para-hydroxylation sites is 1. The third kappa shape index (κ3) is 3.54. The van der Waals surface area contributed by atoms with Crippen molar-refractivity contribution < 1.29 is 18.0 Å². The molecule has 0 unspecified atom stereocenters. The van der Waals surface area contributed by atoms with Crippen molar-refractivity contribution in [2.75, 3.05) is 5.32 Å². The van der Waals surface area contributed by atoms with E-state index in [2.05, 4.69) is 26.2 Å². The molecular formula is C13H7BrClF3N2O. The van der Waals surface area contributed by atoms with Gasteiger partial charge in [0.05, 0.1) is 21.8 Å². The normalized spacial score (nSPS) is 11.3. The van der Waals surface area contributed by atoms with Crippen LogP contribution in [0.4, 0.5) is 18.9 Å². The molecule has 0 saturated carbocycles. The summed E-state index contributed by atoms with van der Waals surface area (Å²) in [5.74, 6) is -0.742. The van der Waals surface area contributed by atoms with Crippen LogP contribution in [0.1, 0.15) is 15.9 Å². The number of nitrogens with one attached hydrogen (secondary N) is 1. The molecule has 0 bridgehead atoms. The summed E-state index contributed by atoms with van der Waals surface area (Å²) in [6.45, 7) is 0. The highest BCUT2D eigenvalue weighted by Gasteiger charge is 2.35. The number of rotatable bonds is 2. The summed E-state index contributed by atoms with van der Waals surface area (Å²) < 4.78 is 39.0. The molecule has 3 nitrogen and oxygen atoms in total. The Balaban J connectivity index is 2.41. The van der Waals surface area contributed by atoms with Crippen LogP contribution in [0.25, 0.3) is 0 Å². The lowest BCUT2D eigenvalue weighted by Gasteiger charge is -2.15. The first-order valence-corrected chi connectivity index (χ1v) is 6.75. The third-order valence-electron chi connectivity index (χ3n) is 2.56. The number of amides is 1. The van der Waals surface area contributed by atoms with Crippen LogP contribution in [0.5, 0.6) is 0 Å². The Bertz CT molecular complexity index is 691. The number of anilines is 1. The van der Waals surface area contributed by atoms with E-state index < -0.39 is 23.3 Å². The van der Waals surface area contributed by atoms with E-state index in [-0.39, 0.29) is 15.2 Å². The molecule has 0 aliphatic rings. The SMILES string of the molecule is O=C(Nc1c(Cl)cccc1C(F)(F)F)c1cccnc1Br. The van der Waals surface area contributed by atoms with Crippen molar-refractivity contribution in [2.24, 2.45) is 0 Å². The van der Waals surface area contributed by atoms with Crippen molar-refractivity contribution in [1.29, 1.82) is 0 Å². The first-order chi connectivity index (χ1) is 9.80. The maximum Gasteiger partial charge on any atom is 0.418 e. The maximum atomic E-state index is 12.9. The second-order valence-electron chi connectivity index (χ2n) is 3.96. The predicted octanol–water partition coefficient (Wildman–Crippen LogP) is 4.77. The van der Waals surface area contributed by atoms with Crippen LogP contribution in [0.2, 0.25) is 5.02 Å². The van der Waals surface area contributed by atoms with Gasteiger partial charge >= 0.3 is 6.18 Å². The standard InChI is InChI=1S/C13H7BrClF3N2O/c14-11-7(3-2-6-19-11)12(21)20-10-8(13(16,17)18)4-1-5-9(10)15/h1-6H,(H,20,21). The van der Waals surface area contributed by atoms with E-state index in [0.29, 0.717) is 0 Å². The van der Waals surface area contributed by atoms with Gasteiger partial charge in [-0.15, -0.1) is 0 Å². The number of carbonyl (C=O) groups excluding carboxylic acids is 1. The number of benzene rings is 1. The molecule has 110 valence electrons. The van der Waals surface area contributed by atoms with Crippen LogP contribution < -0.4 is 5.32 Å². The topological polar surface area (TPSA) is 42.0 Å². The zero-order valence-electron chi connectivity index (χ0n) is 10.2. The monoisotopic (exact) mass is 378 g/mol. The number of alkyl halides is 3. The fourth-order valence-corrected chi connectivity index (χ4v) is 2.28. The van der Waals surface area contributed by atoms with E-state index in [1.165, 1.54) is 30.5 Å². The van der Waals surface area contributed by atoms with Gasteiger partial charge in [0, 0.05) is 6.20 Å². The summed E-state index contributed by atoms with van der Waals surface area (Å²) in [7, 11) is 0. The highest BCUT2D eigenvalue weighted by molar-refractivity contribution is 9.10. The van der Waals surface area contributed by atoms with Gasteiger partial charge in [-0.3, -0.25) is 4.79 Å². The second-order valence-corrected chi connectivity index (χ2v) is 5.11. The molecule has 1 N–H and O–H groups in total. The zero-order chi connectivity index (χ0) is 15.6. The van der Waals surface area contributed by atoms with Gasteiger partial charge in [0.25, 0.3) is 5.91 Å². The minimum absolute atomic E-state index is 0.102. The molecule has 1 aromatic heterocycles. The number of pyridine rings is 1. The molecule has 8 heteroatoms. The third-order valence-corrected chi connectivity index (χ3v) is 3.51. The average molecular weight is 380 g/mol. The molecule has 21 heavy (non-hydrogen) atoms. The van der Waals surface area contributed by atoms with E-state index in [9.17, 15) is 18.0 Å². The van der Waals surface area contributed by atoms with Crippen LogP contribution in [0.15, 0.2) is 41.1 Å². The minimum atomic E-state index is -4.63. The Morgan fingerprint density at radius 3 is 2.57 bits per heavy atom. The molecule has 0 aliphatic heterocycles. The number of carbonyl (C=O) groups is 1. The summed E-state index contributed by atoms with van der Waals surface area (Å²) in [6.07, 6.45) is -3.18. The molecule has 0 radical (unpaired) electrons. The fourth-order valence-electron chi connectivity index (χ4n) is 1.62. The van der Waals surface area contributed by atoms with Crippen molar-refractivity contribution in [3.63, 3.8) is 0 Å². The van der Waals surface area contributed by atoms with Gasteiger partial charge in [-0.25, -0.2) is 4.98 Å². The Morgan fingerprint density at radius 2 is 1.95 bits per heavy atom. The number of hydrogen-bond donors (Lipinski definition) is 1. The van der Waals surface area contributed by atoms with Gasteiger partial charge in [-0.2, -0.15) is 13.2 Å². The largest absolute Gasteiger partial charge is 0.418 e. The summed E-state index contributed by atoms with van der Waals surface area (Å²) >= 11 is 8.82. The molecule has 2 rings (SSSR count). The first kappa shape index (κ1) is 15.8. The molecule has 1 heterocycles. The number of hydrogen-bond acceptors (Lipinski definition) is 2. The van der Waals surface area contributed by atoms with Gasteiger partial charge in [-0.1, -0.05) is 17.7 Å². The van der Waals surface area contributed by atoms with Gasteiger partial charge < -0.3 is 5.32 Å². The number of aromatic nitrogens is 1. The van der Waals surface area contributed by atoms with E-state index in [1.807, 2.05) is 0 Å². The lowest BCUT2D eigenvalue weighted by Crippen LogP contribution is -2.17. The zero-order valence-corrected chi connectivity index (χ0v) is 12.6. The molecule has 0 spiro atoms. The van der Waals surface area contributed by atoms with Gasteiger partial charge in [0.2, 0.25) is 0 Å². The van der Waals surface area contributed by atoms with Crippen molar-refractivity contribution in [1.82, 2.24) is 4.98 Å². The highest BCUT2D eigenvalue weighted by Crippen LogP contribution is 2.38. The maximum absolute atomic E-state index is 12.9. The van der Waals surface area contributed by atoms with Crippen molar-refractivity contribution >= 4 is 39.1 Å². The minimum Gasteiger partial charge on any atom is -0.320 e. The van der Waals surface area contributed by atoms with E-state index >= 15 is 0 Å². The summed E-state index contributed by atoms with van der Waals surface area (Å²) in [6, 6.07) is 6.21. The molecular weight excluding hydrogens is 373 g/mol. The molecule has 0 atom stereocenters. The lowest BCUT2D eigenvalue weighted by atomic mass is 10.1. The average Bonchev–Trinajstić information content (AvgIpc) is 2.40. The van der Waals surface area contributed by atoms with Gasteiger partial charge in [-0.05, 0) is 40.2 Å². The molecule has 0 saturated heterocycles. The smallest absolute Gasteiger partial charge is 0.320 e. The van der Waals surface area contributed by atoms with E-state index in [4.69, 9.17) is 11.6 Å². The van der Waals surface area contributed by atoms with Gasteiger partial charge in [0.1, 0.15) is 4.60 Å². The van der Waals surface area contributed by atoms with E-state index in [1.54, 1.807) is 0 Å². The molecule has 1 aromatic carbocycles. The first-order valence-electron chi connectivity index (χ1n) is 5.58. The van der Waals surface area contributed by atoms with Crippen molar-refractivity contribution in [3.8, 4) is 0 Å². The van der Waals surface area contributed by atoms with Crippen molar-refractivity contribution in [2.45, 2.75) is 6.18 Å². The Labute approximate surface area is 131 Å². The summed E-state index contributed by atoms with van der Waals surface area (Å²) in [5.41, 5.74) is -1.39. The predicted molar refractivity (Wildman–Crippen MR) is 76.3 cm³/mol. The quantitative estimate of drug-likeness (QED) is 0.764. The van der Waals surface area contributed by atoms with Crippen LogP contribution in [0, 0.1) is 0 Å². The second kappa shape index (κ2) is 6.03. The Hall–Kier alpha value is -1.60. The highest BCUT2D eigenvalue weighted by atomic mass is 79.9. The molecule has 0 aliphatic carbocycles. The van der Waals surface area contributed by atoms with Crippen LogP contribution in [-0.4, -0.2) is 10.9 Å². The Morgan fingerprint density at radius 1 is 1.24 bits per heavy atom. The van der Waals surface area contributed by atoms with Gasteiger partial charge in [0.15, 0.2) is 0 Å². The van der Waals surface area contributed by atoms with Crippen LogP contribution in [0.3, 0.4) is 0 Å². The van der Waals surface area contributed by atoms with Crippen molar-refractivity contribution in [3.05, 3.63) is 57.3 Å². The number of halogens is 5. The lowest BCUT2D eigenvalue weighted by molar-refractivity contribution is -0.136. The van der Waals surface area contributed by atoms with Crippen LogP contribution >= 0.6 is 27.5 Å². The fraction of sp³-hybridized carbons (Fsp3) is 0.0769. The molecule has 1 amide bonds. The van der Waals surface area contributed by atoms with Crippen LogP contribution in [-0.2, 0) is 6.18 Å².